The summed E-state index contributed by atoms with van der Waals surface area (Å²) in [6.07, 6.45) is 17.8. The highest BCUT2D eigenvalue weighted by atomic mass is 16.2. The molecule has 4 amide bonds. The predicted octanol–water partition coefficient (Wildman–Crippen LogP) is 7.98. The highest BCUT2D eigenvalue weighted by Crippen LogP contribution is 2.30. The number of hydrogen-bond donors (Lipinski definition) is 2. The third kappa shape index (κ3) is 6.42. The summed E-state index contributed by atoms with van der Waals surface area (Å²) in [5.74, 6) is 0.362. The molecule has 0 unspecified atom stereocenters. The van der Waals surface area contributed by atoms with Crippen LogP contribution in [0.25, 0.3) is 21.5 Å². The molecule has 2 aliphatic carbocycles. The number of nitrogens with one attached hydrogen (secondary N) is 2. The largest absolute Gasteiger partial charge is 0.341 e. The lowest BCUT2D eigenvalue weighted by molar-refractivity contribution is -0.000287. The first-order valence-electron chi connectivity index (χ1n) is 15.0. The number of hydrogen-bond acceptors (Lipinski definition) is 4. The summed E-state index contributed by atoms with van der Waals surface area (Å²) in [4.78, 5) is 36.7. The van der Waals surface area contributed by atoms with Gasteiger partial charge in [-0.25, -0.2) is 19.6 Å². The molecular formula is C33H38N6O2. The third-order valence-electron chi connectivity index (χ3n) is 8.56. The Bertz CT molecular complexity index is 1510. The molecule has 0 atom stereocenters. The van der Waals surface area contributed by atoms with Gasteiger partial charge >= 0.3 is 12.1 Å². The highest BCUT2D eigenvalue weighted by Gasteiger charge is 2.35. The van der Waals surface area contributed by atoms with Crippen molar-refractivity contribution in [2.24, 2.45) is 5.92 Å². The first-order chi connectivity index (χ1) is 20.1. The summed E-state index contributed by atoms with van der Waals surface area (Å²) in [7, 11) is 0. The van der Waals surface area contributed by atoms with Gasteiger partial charge in [0.1, 0.15) is 0 Å². The zero-order valence-electron chi connectivity index (χ0n) is 23.5. The van der Waals surface area contributed by atoms with Crippen LogP contribution in [0.3, 0.4) is 0 Å². The van der Waals surface area contributed by atoms with E-state index in [2.05, 4.69) is 20.6 Å². The lowest BCUT2D eigenvalue weighted by atomic mass is 9.89. The van der Waals surface area contributed by atoms with Gasteiger partial charge in [0.2, 0.25) is 0 Å². The van der Waals surface area contributed by atoms with E-state index in [1.165, 1.54) is 19.3 Å². The predicted molar refractivity (Wildman–Crippen MR) is 164 cm³/mol. The quantitative estimate of drug-likeness (QED) is 0.247. The molecule has 0 bridgehead atoms. The minimum Gasteiger partial charge on any atom is -0.306 e. The van der Waals surface area contributed by atoms with Crippen molar-refractivity contribution in [1.82, 2.24) is 20.0 Å². The smallest absolute Gasteiger partial charge is 0.306 e. The minimum atomic E-state index is -0.276. The van der Waals surface area contributed by atoms with Gasteiger partial charge < -0.3 is 10.6 Å². The van der Waals surface area contributed by atoms with E-state index in [1.807, 2.05) is 48.5 Å². The van der Waals surface area contributed by atoms with Crippen LogP contribution in [-0.2, 0) is 0 Å². The Morgan fingerprint density at radius 2 is 1.20 bits per heavy atom. The molecular weight excluding hydrogens is 512 g/mol. The van der Waals surface area contributed by atoms with Crippen LogP contribution in [0.1, 0.15) is 64.2 Å². The molecule has 212 valence electrons. The van der Waals surface area contributed by atoms with Crippen molar-refractivity contribution in [3.05, 3.63) is 73.3 Å². The van der Waals surface area contributed by atoms with Crippen LogP contribution >= 0.6 is 0 Å². The number of pyridine rings is 2. The first-order valence-corrected chi connectivity index (χ1v) is 15.0. The Balaban J connectivity index is 1.30. The maximum absolute atomic E-state index is 14.1. The van der Waals surface area contributed by atoms with Crippen LogP contribution in [0.2, 0.25) is 0 Å². The first kappa shape index (κ1) is 27.0. The normalized spacial score (nSPS) is 16.4. The molecule has 41 heavy (non-hydrogen) atoms. The zero-order chi connectivity index (χ0) is 28.0. The molecule has 0 saturated heterocycles. The van der Waals surface area contributed by atoms with Crippen LogP contribution in [0.15, 0.2) is 73.3 Å². The summed E-state index contributed by atoms with van der Waals surface area (Å²) in [6.45, 7) is 0.520. The molecule has 6 rings (SSSR count). The second-order valence-corrected chi connectivity index (χ2v) is 11.5. The van der Waals surface area contributed by atoms with E-state index < -0.39 is 0 Å². The number of urea groups is 2. The number of carbonyl (C=O) groups is 2. The fourth-order valence-corrected chi connectivity index (χ4v) is 6.38. The molecule has 2 aromatic carbocycles. The van der Waals surface area contributed by atoms with E-state index >= 15 is 0 Å². The maximum Gasteiger partial charge on any atom is 0.341 e. The molecule has 8 heteroatoms. The van der Waals surface area contributed by atoms with Gasteiger partial charge in [-0.3, -0.25) is 9.97 Å². The second kappa shape index (κ2) is 12.5. The van der Waals surface area contributed by atoms with E-state index in [4.69, 9.17) is 0 Å². The van der Waals surface area contributed by atoms with Gasteiger partial charge in [-0.15, -0.1) is 0 Å². The summed E-state index contributed by atoms with van der Waals surface area (Å²) >= 11 is 0. The fraction of sp³-hybridized carbons (Fsp3) is 0.394. The maximum atomic E-state index is 14.1. The number of aromatic nitrogens is 2. The zero-order valence-corrected chi connectivity index (χ0v) is 23.5. The molecule has 4 aromatic rings. The number of anilines is 2. The number of hydrazine groups is 1. The fourth-order valence-electron chi connectivity index (χ4n) is 6.38. The molecule has 8 nitrogen and oxygen atoms in total. The SMILES string of the molecule is O=C(Nc1ccc2ccncc2c1)N(CC1CCCCC1)N(C(=O)Nc1ccc2ccncc2c1)C1CCCCC1. The molecule has 2 aliphatic rings. The molecule has 0 radical (unpaired) electrons. The van der Waals surface area contributed by atoms with E-state index in [0.717, 1.165) is 66.5 Å². The van der Waals surface area contributed by atoms with Gasteiger partial charge in [0.05, 0.1) is 6.04 Å². The number of carbonyl (C=O) groups excluding carboxylic acids is 2. The van der Waals surface area contributed by atoms with Crippen molar-refractivity contribution in [1.29, 1.82) is 0 Å². The van der Waals surface area contributed by atoms with Crippen molar-refractivity contribution >= 4 is 45.0 Å². The Hall–Kier alpha value is -4.20. The Morgan fingerprint density at radius 3 is 1.78 bits per heavy atom. The Kier molecular flexibility index (Phi) is 8.26. The topological polar surface area (TPSA) is 90.5 Å². The van der Waals surface area contributed by atoms with Gasteiger partial charge in [0.15, 0.2) is 0 Å². The van der Waals surface area contributed by atoms with Crippen LogP contribution in [0.4, 0.5) is 21.0 Å². The van der Waals surface area contributed by atoms with Gasteiger partial charge in [-0.05, 0) is 78.8 Å². The third-order valence-corrected chi connectivity index (χ3v) is 8.56. The lowest BCUT2D eigenvalue weighted by Crippen LogP contribution is -2.58. The van der Waals surface area contributed by atoms with Crippen molar-refractivity contribution in [2.75, 3.05) is 17.2 Å². The highest BCUT2D eigenvalue weighted by molar-refractivity contribution is 5.97. The van der Waals surface area contributed by atoms with Crippen molar-refractivity contribution < 1.29 is 9.59 Å². The standard InChI is InChI=1S/C33H38N6O2/c40-32(36-29-13-11-25-15-17-34-21-27(25)19-29)38(23-24-7-3-1-4-8-24)39(31-9-5-2-6-10-31)33(41)37-30-14-12-26-16-18-35-22-28(26)20-30/h11-22,24,31H,1-10,23H2,(H,36,40)(H,37,41). The van der Waals surface area contributed by atoms with Crippen LogP contribution < -0.4 is 10.6 Å². The number of amides is 4. The van der Waals surface area contributed by atoms with Crippen LogP contribution in [0, 0.1) is 5.92 Å². The van der Waals surface area contributed by atoms with Gasteiger partial charge in [0.25, 0.3) is 0 Å². The summed E-state index contributed by atoms with van der Waals surface area (Å²) in [6, 6.07) is 15.0. The van der Waals surface area contributed by atoms with E-state index in [1.54, 1.807) is 34.8 Å². The molecule has 0 aliphatic heterocycles. The van der Waals surface area contributed by atoms with E-state index in [0.29, 0.717) is 23.8 Å². The number of nitrogens with zero attached hydrogens (tertiary/aromatic N) is 4. The monoisotopic (exact) mass is 550 g/mol. The van der Waals surface area contributed by atoms with Gasteiger partial charge in [-0.1, -0.05) is 50.7 Å². The van der Waals surface area contributed by atoms with Crippen molar-refractivity contribution in [3.8, 4) is 0 Å². The molecule has 2 fully saturated rings. The average molecular weight is 551 g/mol. The number of benzene rings is 2. The molecule has 2 aromatic heterocycles. The summed E-state index contributed by atoms with van der Waals surface area (Å²) in [5, 5.41) is 13.7. The van der Waals surface area contributed by atoms with E-state index in [9.17, 15) is 9.59 Å². The van der Waals surface area contributed by atoms with Crippen LogP contribution in [-0.4, -0.2) is 44.6 Å². The Morgan fingerprint density at radius 1 is 0.659 bits per heavy atom. The average Bonchev–Trinajstić information content (AvgIpc) is 3.01. The van der Waals surface area contributed by atoms with Gasteiger partial charge in [-0.2, -0.15) is 0 Å². The second-order valence-electron chi connectivity index (χ2n) is 11.5. The number of fused-ring (bicyclic) bond motifs is 2. The molecule has 0 spiro atoms. The summed E-state index contributed by atoms with van der Waals surface area (Å²) in [5.41, 5.74) is 1.38. The van der Waals surface area contributed by atoms with Crippen molar-refractivity contribution in [2.45, 2.75) is 70.3 Å². The molecule has 2 saturated carbocycles. The lowest BCUT2D eigenvalue weighted by Gasteiger charge is -2.43. The molecule has 2 N–H and O–H groups in total. The van der Waals surface area contributed by atoms with Crippen LogP contribution in [0.5, 0.6) is 0 Å². The number of rotatable bonds is 5. The Labute approximate surface area is 241 Å². The van der Waals surface area contributed by atoms with Crippen molar-refractivity contribution in [3.63, 3.8) is 0 Å². The summed E-state index contributed by atoms with van der Waals surface area (Å²) < 4.78 is 0. The molecule has 2 heterocycles. The van der Waals surface area contributed by atoms with Gasteiger partial charge in [0, 0.05) is 53.5 Å². The minimum absolute atomic E-state index is 0.0407. The van der Waals surface area contributed by atoms with E-state index in [-0.39, 0.29) is 18.1 Å².